The molecule has 3 aromatic rings. The van der Waals surface area contributed by atoms with E-state index in [0.717, 1.165) is 46.4 Å². The molecule has 1 aliphatic carbocycles. The number of rotatable bonds is 4. The maximum atomic E-state index is 12.9. The lowest BCUT2D eigenvalue weighted by Gasteiger charge is -2.10. The minimum Gasteiger partial charge on any atom is -0.351 e. The van der Waals surface area contributed by atoms with E-state index in [1.54, 1.807) is 23.0 Å². The maximum Gasteiger partial charge on any atom is 0.262 e. The molecule has 0 unspecified atom stereocenters. The number of carbonyl (C=O) groups excluding carboxylic acids is 1. The summed E-state index contributed by atoms with van der Waals surface area (Å²) in [5, 5.41) is 1.41. The van der Waals surface area contributed by atoms with Crippen LogP contribution in [-0.2, 0) is 26.9 Å². The highest BCUT2D eigenvalue weighted by Gasteiger charge is 2.22. The lowest BCUT2D eigenvalue weighted by atomic mass is 9.97. The van der Waals surface area contributed by atoms with Gasteiger partial charge in [-0.1, -0.05) is 11.8 Å². The van der Waals surface area contributed by atoms with Crippen LogP contribution in [0, 0.1) is 13.8 Å². The van der Waals surface area contributed by atoms with Gasteiger partial charge < -0.3 is 4.57 Å². The highest BCUT2D eigenvalue weighted by Crippen LogP contribution is 2.34. The predicted molar refractivity (Wildman–Crippen MR) is 111 cm³/mol. The summed E-state index contributed by atoms with van der Waals surface area (Å²) in [4.78, 5) is 32.5. The van der Waals surface area contributed by atoms with Gasteiger partial charge in [-0.3, -0.25) is 14.2 Å². The van der Waals surface area contributed by atoms with Crippen LogP contribution in [0.5, 0.6) is 0 Å². The smallest absolute Gasteiger partial charge is 0.262 e. The third kappa shape index (κ3) is 3.06. The van der Waals surface area contributed by atoms with Gasteiger partial charge in [0.25, 0.3) is 5.56 Å². The Bertz CT molecular complexity index is 1120. The highest BCUT2D eigenvalue weighted by atomic mass is 32.2. The number of Topliss-reactive ketones (excluding diaryl/α,β-unsaturated/α-hetero) is 1. The van der Waals surface area contributed by atoms with Crippen LogP contribution in [-0.4, -0.2) is 25.7 Å². The van der Waals surface area contributed by atoms with E-state index in [4.69, 9.17) is 4.98 Å². The summed E-state index contributed by atoms with van der Waals surface area (Å²) in [7, 11) is 3.72. The first-order valence-corrected chi connectivity index (χ1v) is 11.0. The zero-order chi connectivity index (χ0) is 19.3. The predicted octanol–water partition coefficient (Wildman–Crippen LogP) is 3.80. The summed E-state index contributed by atoms with van der Waals surface area (Å²) in [6, 6.07) is 1.93. The van der Waals surface area contributed by atoms with Crippen molar-refractivity contribution >= 4 is 39.1 Å². The first-order chi connectivity index (χ1) is 12.9. The summed E-state index contributed by atoms with van der Waals surface area (Å²) in [6.45, 7) is 3.95. The zero-order valence-electron chi connectivity index (χ0n) is 16.1. The third-order valence-electron chi connectivity index (χ3n) is 5.56. The molecular weight excluding hydrogens is 378 g/mol. The number of fused-ring (bicyclic) bond motifs is 3. The van der Waals surface area contributed by atoms with Crippen LogP contribution in [0.4, 0.5) is 0 Å². The Balaban J connectivity index is 1.64. The molecule has 7 heteroatoms. The summed E-state index contributed by atoms with van der Waals surface area (Å²) >= 11 is 3.00. The van der Waals surface area contributed by atoms with Crippen LogP contribution in [0.1, 0.15) is 45.0 Å². The molecule has 0 saturated heterocycles. The number of aryl methyl sites for hydroxylation is 3. The normalized spacial score (nSPS) is 13.9. The minimum absolute atomic E-state index is 0.0149. The standard InChI is InChI=1S/C20H23N3O2S2/c1-11-9-14(12(2)22(11)3)15(24)10-26-20-21-18-17(19(25)23(20)4)13-7-5-6-8-16(13)27-18/h9H,5-8,10H2,1-4H3. The quantitative estimate of drug-likeness (QED) is 0.379. The Morgan fingerprint density at radius 2 is 1.96 bits per heavy atom. The van der Waals surface area contributed by atoms with Crippen LogP contribution in [0.3, 0.4) is 0 Å². The molecule has 0 spiro atoms. The molecule has 4 rings (SSSR count). The highest BCUT2D eigenvalue weighted by molar-refractivity contribution is 7.99. The summed E-state index contributed by atoms with van der Waals surface area (Å²) in [6.07, 6.45) is 4.35. The van der Waals surface area contributed by atoms with Gasteiger partial charge in [0.15, 0.2) is 10.9 Å². The van der Waals surface area contributed by atoms with E-state index in [0.29, 0.717) is 5.16 Å². The molecule has 0 saturated carbocycles. The molecular formula is C20H23N3O2S2. The number of nitrogens with zero attached hydrogens (tertiary/aromatic N) is 3. The van der Waals surface area contributed by atoms with Gasteiger partial charge in [0, 0.05) is 35.9 Å². The fourth-order valence-corrected chi connectivity index (χ4v) is 5.90. The average molecular weight is 402 g/mol. The van der Waals surface area contributed by atoms with Crippen LogP contribution >= 0.6 is 23.1 Å². The lowest BCUT2D eigenvalue weighted by molar-refractivity contribution is 0.102. The molecule has 0 aromatic carbocycles. The van der Waals surface area contributed by atoms with Crippen molar-refractivity contribution in [2.24, 2.45) is 14.1 Å². The Morgan fingerprint density at radius 1 is 1.22 bits per heavy atom. The van der Waals surface area contributed by atoms with E-state index in [-0.39, 0.29) is 17.1 Å². The summed E-state index contributed by atoms with van der Waals surface area (Å²) < 4.78 is 3.62. The fraction of sp³-hybridized carbons (Fsp3) is 0.450. The largest absolute Gasteiger partial charge is 0.351 e. The number of ketones is 1. The van der Waals surface area contributed by atoms with E-state index in [1.807, 2.05) is 31.5 Å². The topological polar surface area (TPSA) is 56.9 Å². The van der Waals surface area contributed by atoms with Crippen molar-refractivity contribution in [3.8, 4) is 0 Å². The van der Waals surface area contributed by atoms with Crippen LogP contribution in [0.25, 0.3) is 10.2 Å². The monoisotopic (exact) mass is 401 g/mol. The van der Waals surface area contributed by atoms with Gasteiger partial charge in [-0.25, -0.2) is 4.98 Å². The van der Waals surface area contributed by atoms with Crippen molar-refractivity contribution in [1.82, 2.24) is 14.1 Å². The van der Waals surface area contributed by atoms with Crippen molar-refractivity contribution in [3.63, 3.8) is 0 Å². The second-order valence-electron chi connectivity index (χ2n) is 7.21. The Morgan fingerprint density at radius 3 is 2.67 bits per heavy atom. The molecule has 0 fully saturated rings. The number of carbonyl (C=O) groups is 1. The van der Waals surface area contributed by atoms with Crippen LogP contribution in [0.15, 0.2) is 16.0 Å². The molecule has 3 aromatic heterocycles. The molecule has 142 valence electrons. The summed E-state index contributed by atoms with van der Waals surface area (Å²) in [5.41, 5.74) is 4.01. The Kier molecular flexibility index (Phi) is 4.76. The van der Waals surface area contributed by atoms with E-state index in [2.05, 4.69) is 0 Å². The van der Waals surface area contributed by atoms with Crippen molar-refractivity contribution in [2.45, 2.75) is 44.7 Å². The average Bonchev–Trinajstić information content (AvgIpc) is 3.15. The van der Waals surface area contributed by atoms with Gasteiger partial charge >= 0.3 is 0 Å². The third-order valence-corrected chi connectivity index (χ3v) is 7.78. The number of aromatic nitrogens is 3. The van der Waals surface area contributed by atoms with E-state index >= 15 is 0 Å². The van der Waals surface area contributed by atoms with E-state index in [1.165, 1.54) is 28.6 Å². The molecule has 0 amide bonds. The van der Waals surface area contributed by atoms with Crippen molar-refractivity contribution in [3.05, 3.63) is 43.8 Å². The van der Waals surface area contributed by atoms with Gasteiger partial charge in [0.2, 0.25) is 0 Å². The molecule has 0 N–H and O–H groups in total. The van der Waals surface area contributed by atoms with Gasteiger partial charge in [0.1, 0.15) is 4.83 Å². The van der Waals surface area contributed by atoms with E-state index in [9.17, 15) is 9.59 Å². The van der Waals surface area contributed by atoms with Crippen molar-refractivity contribution in [2.75, 3.05) is 5.75 Å². The SMILES string of the molecule is Cc1cc(C(=O)CSc2nc3sc4c(c3c(=O)n2C)CCCC4)c(C)n1C. The molecule has 0 aliphatic heterocycles. The summed E-state index contributed by atoms with van der Waals surface area (Å²) in [5.74, 6) is 0.349. The van der Waals surface area contributed by atoms with E-state index < -0.39 is 0 Å². The number of hydrogen-bond donors (Lipinski definition) is 0. The zero-order valence-corrected chi connectivity index (χ0v) is 17.7. The van der Waals surface area contributed by atoms with Crippen LogP contribution in [0.2, 0.25) is 0 Å². The fourth-order valence-electron chi connectivity index (χ4n) is 3.74. The van der Waals surface area contributed by atoms with Crippen molar-refractivity contribution in [1.29, 1.82) is 0 Å². The molecule has 0 bridgehead atoms. The number of thiophene rings is 1. The first-order valence-electron chi connectivity index (χ1n) is 9.18. The molecule has 0 atom stereocenters. The maximum absolute atomic E-state index is 12.9. The molecule has 3 heterocycles. The minimum atomic E-state index is 0.0149. The molecule has 5 nitrogen and oxygen atoms in total. The van der Waals surface area contributed by atoms with Gasteiger partial charge in [0.05, 0.1) is 11.1 Å². The molecule has 1 aliphatic rings. The first kappa shape index (κ1) is 18.5. The molecule has 27 heavy (non-hydrogen) atoms. The van der Waals surface area contributed by atoms with Gasteiger partial charge in [-0.15, -0.1) is 11.3 Å². The van der Waals surface area contributed by atoms with Crippen molar-refractivity contribution < 1.29 is 4.79 Å². The Hall–Kier alpha value is -1.86. The molecule has 0 radical (unpaired) electrons. The number of hydrogen-bond acceptors (Lipinski definition) is 5. The second kappa shape index (κ2) is 6.95. The lowest BCUT2D eigenvalue weighted by Crippen LogP contribution is -2.21. The van der Waals surface area contributed by atoms with Gasteiger partial charge in [-0.05, 0) is 51.2 Å². The number of thioether (sulfide) groups is 1. The van der Waals surface area contributed by atoms with Crippen LogP contribution < -0.4 is 5.56 Å². The second-order valence-corrected chi connectivity index (χ2v) is 9.23. The Labute approximate surface area is 166 Å². The van der Waals surface area contributed by atoms with Gasteiger partial charge in [-0.2, -0.15) is 0 Å².